The van der Waals surface area contributed by atoms with Crippen LogP contribution in [-0.4, -0.2) is 47.9 Å². The van der Waals surface area contributed by atoms with Gasteiger partial charge in [-0.25, -0.2) is 9.78 Å². The largest absolute Gasteiger partial charge is 0.442 e. The SMILES string of the molecule is O=C1OC(CNc2ccon2)CN1c1ccc(-c2ccc(N3CCCC3=O)nc2)cc1. The first kappa shape index (κ1) is 19.1. The second kappa shape index (κ2) is 8.10. The molecular formula is C22H21N5O4. The summed E-state index contributed by atoms with van der Waals surface area (Å²) in [5.41, 5.74) is 2.69. The minimum Gasteiger partial charge on any atom is -0.442 e. The molecule has 4 heterocycles. The zero-order valence-corrected chi connectivity index (χ0v) is 16.7. The number of anilines is 3. The molecular weight excluding hydrogens is 398 g/mol. The molecule has 1 unspecified atom stereocenters. The molecule has 9 heteroatoms. The highest BCUT2D eigenvalue weighted by Gasteiger charge is 2.32. The third-order valence-corrected chi connectivity index (χ3v) is 5.43. The van der Waals surface area contributed by atoms with Crippen LogP contribution in [0.2, 0.25) is 0 Å². The third-order valence-electron chi connectivity index (χ3n) is 5.43. The first-order valence-electron chi connectivity index (χ1n) is 10.2. The molecule has 1 aromatic carbocycles. The van der Waals surface area contributed by atoms with Crippen LogP contribution in [0.3, 0.4) is 0 Å². The number of nitrogens with one attached hydrogen (secondary N) is 1. The summed E-state index contributed by atoms with van der Waals surface area (Å²) in [5.74, 6) is 1.41. The number of aromatic nitrogens is 2. The number of benzene rings is 1. The molecule has 5 rings (SSSR count). The molecule has 2 aromatic heterocycles. The van der Waals surface area contributed by atoms with Gasteiger partial charge in [0, 0.05) is 36.5 Å². The molecule has 31 heavy (non-hydrogen) atoms. The predicted octanol–water partition coefficient (Wildman–Crippen LogP) is 3.30. The number of carbonyl (C=O) groups is 2. The lowest BCUT2D eigenvalue weighted by atomic mass is 10.1. The molecule has 1 N–H and O–H groups in total. The molecule has 0 radical (unpaired) electrons. The van der Waals surface area contributed by atoms with E-state index in [1.807, 2.05) is 36.4 Å². The maximum absolute atomic E-state index is 12.3. The van der Waals surface area contributed by atoms with Crippen molar-refractivity contribution in [2.75, 3.05) is 34.8 Å². The topological polar surface area (TPSA) is 101 Å². The Labute approximate surface area is 178 Å². The summed E-state index contributed by atoms with van der Waals surface area (Å²) >= 11 is 0. The Morgan fingerprint density at radius 2 is 1.87 bits per heavy atom. The quantitative estimate of drug-likeness (QED) is 0.654. The summed E-state index contributed by atoms with van der Waals surface area (Å²) in [6.07, 6.45) is 4.05. The number of cyclic esters (lactones) is 1. The first-order valence-corrected chi connectivity index (χ1v) is 10.2. The Morgan fingerprint density at radius 3 is 2.55 bits per heavy atom. The van der Waals surface area contributed by atoms with Gasteiger partial charge in [0.05, 0.1) is 13.1 Å². The van der Waals surface area contributed by atoms with Crippen molar-refractivity contribution in [2.45, 2.75) is 18.9 Å². The van der Waals surface area contributed by atoms with Crippen molar-refractivity contribution in [2.24, 2.45) is 0 Å². The van der Waals surface area contributed by atoms with Crippen molar-refractivity contribution < 1.29 is 18.8 Å². The Morgan fingerprint density at radius 1 is 1.03 bits per heavy atom. The van der Waals surface area contributed by atoms with Crippen molar-refractivity contribution in [3.63, 3.8) is 0 Å². The molecule has 2 amide bonds. The summed E-state index contributed by atoms with van der Waals surface area (Å²) in [7, 11) is 0. The average molecular weight is 419 g/mol. The molecule has 2 saturated heterocycles. The van der Waals surface area contributed by atoms with E-state index in [-0.39, 0.29) is 18.1 Å². The Bertz CT molecular complexity index is 1070. The summed E-state index contributed by atoms with van der Waals surface area (Å²) < 4.78 is 10.2. The Balaban J connectivity index is 1.23. The van der Waals surface area contributed by atoms with Crippen LogP contribution in [0.25, 0.3) is 11.1 Å². The number of nitrogens with zero attached hydrogens (tertiary/aromatic N) is 4. The highest BCUT2D eigenvalue weighted by Crippen LogP contribution is 2.27. The summed E-state index contributed by atoms with van der Waals surface area (Å²) in [4.78, 5) is 32.0. The molecule has 0 saturated carbocycles. The number of hydrogen-bond donors (Lipinski definition) is 1. The van der Waals surface area contributed by atoms with E-state index in [4.69, 9.17) is 9.26 Å². The molecule has 2 aliphatic rings. The van der Waals surface area contributed by atoms with Crippen LogP contribution in [0.4, 0.5) is 22.1 Å². The van der Waals surface area contributed by atoms with Crippen LogP contribution < -0.4 is 15.1 Å². The van der Waals surface area contributed by atoms with E-state index < -0.39 is 0 Å². The maximum Gasteiger partial charge on any atom is 0.414 e. The van der Waals surface area contributed by atoms with Gasteiger partial charge in [-0.05, 0) is 36.2 Å². The molecule has 2 fully saturated rings. The van der Waals surface area contributed by atoms with E-state index in [1.165, 1.54) is 6.26 Å². The van der Waals surface area contributed by atoms with Crippen LogP contribution in [-0.2, 0) is 9.53 Å². The number of hydrogen-bond acceptors (Lipinski definition) is 7. The minimum absolute atomic E-state index is 0.122. The van der Waals surface area contributed by atoms with E-state index in [9.17, 15) is 9.59 Å². The lowest BCUT2D eigenvalue weighted by molar-refractivity contribution is -0.117. The molecule has 0 spiro atoms. The van der Waals surface area contributed by atoms with Gasteiger partial charge in [-0.1, -0.05) is 17.3 Å². The molecule has 9 nitrogen and oxygen atoms in total. The smallest absolute Gasteiger partial charge is 0.414 e. The second-order valence-electron chi connectivity index (χ2n) is 7.48. The number of ether oxygens (including phenoxy) is 1. The van der Waals surface area contributed by atoms with E-state index >= 15 is 0 Å². The molecule has 0 bridgehead atoms. The predicted molar refractivity (Wildman–Crippen MR) is 114 cm³/mol. The molecule has 158 valence electrons. The molecule has 1 atom stereocenters. The number of carbonyl (C=O) groups excluding carboxylic acids is 2. The normalized spacial score (nSPS) is 18.5. The van der Waals surface area contributed by atoms with Crippen LogP contribution >= 0.6 is 0 Å². The average Bonchev–Trinajstić information content (AvgIpc) is 3.54. The standard InChI is InChI=1S/C22H21N5O4/c28-21-2-1-10-26(21)20-8-5-16(12-24-20)15-3-6-17(7-4-15)27-14-18(31-22(27)29)13-23-19-9-11-30-25-19/h3-9,11-12,18H,1-2,10,13-14H2,(H,23,25). The summed E-state index contributed by atoms with van der Waals surface area (Å²) in [6.45, 7) is 1.62. The van der Waals surface area contributed by atoms with E-state index in [0.717, 1.165) is 29.8 Å². The van der Waals surface area contributed by atoms with E-state index in [2.05, 4.69) is 15.5 Å². The molecule has 3 aromatic rings. The Hall–Kier alpha value is -3.88. The van der Waals surface area contributed by atoms with Crippen LogP contribution in [0, 0.1) is 0 Å². The fourth-order valence-electron chi connectivity index (χ4n) is 3.80. The zero-order valence-electron chi connectivity index (χ0n) is 16.7. The fraction of sp³-hybridized carbons (Fsp3) is 0.273. The lowest BCUT2D eigenvalue weighted by Crippen LogP contribution is -2.27. The number of pyridine rings is 1. The minimum atomic E-state index is -0.374. The van der Waals surface area contributed by atoms with E-state index in [0.29, 0.717) is 31.1 Å². The van der Waals surface area contributed by atoms with Crippen molar-refractivity contribution in [1.29, 1.82) is 0 Å². The van der Waals surface area contributed by atoms with Crippen LogP contribution in [0.1, 0.15) is 12.8 Å². The zero-order chi connectivity index (χ0) is 21.2. The maximum atomic E-state index is 12.3. The van der Waals surface area contributed by atoms with Gasteiger partial charge in [0.2, 0.25) is 5.91 Å². The van der Waals surface area contributed by atoms with Crippen molar-refractivity contribution in [3.05, 3.63) is 54.9 Å². The van der Waals surface area contributed by atoms with Crippen LogP contribution in [0.15, 0.2) is 59.4 Å². The van der Waals surface area contributed by atoms with Gasteiger partial charge in [-0.15, -0.1) is 0 Å². The van der Waals surface area contributed by atoms with Gasteiger partial charge in [0.25, 0.3) is 0 Å². The monoisotopic (exact) mass is 419 g/mol. The van der Waals surface area contributed by atoms with Gasteiger partial charge < -0.3 is 14.6 Å². The fourth-order valence-corrected chi connectivity index (χ4v) is 3.80. The first-order chi connectivity index (χ1) is 15.2. The summed E-state index contributed by atoms with van der Waals surface area (Å²) in [6, 6.07) is 13.2. The van der Waals surface area contributed by atoms with Crippen molar-refractivity contribution >= 4 is 29.3 Å². The van der Waals surface area contributed by atoms with Crippen LogP contribution in [0.5, 0.6) is 0 Å². The van der Waals surface area contributed by atoms with E-state index in [1.54, 1.807) is 22.1 Å². The third kappa shape index (κ3) is 3.94. The Kier molecular flexibility index (Phi) is 4.99. The number of amides is 2. The summed E-state index contributed by atoms with van der Waals surface area (Å²) in [5, 5.41) is 6.86. The van der Waals surface area contributed by atoms with Crippen molar-refractivity contribution in [1.82, 2.24) is 10.1 Å². The second-order valence-corrected chi connectivity index (χ2v) is 7.48. The van der Waals surface area contributed by atoms with Gasteiger partial charge in [-0.3, -0.25) is 14.6 Å². The molecule has 2 aliphatic heterocycles. The molecule has 0 aliphatic carbocycles. The van der Waals surface area contributed by atoms with Gasteiger partial charge >= 0.3 is 6.09 Å². The highest BCUT2D eigenvalue weighted by atomic mass is 16.6. The van der Waals surface area contributed by atoms with Gasteiger partial charge in [-0.2, -0.15) is 0 Å². The van der Waals surface area contributed by atoms with Gasteiger partial charge in [0.15, 0.2) is 5.82 Å². The number of rotatable bonds is 6. The lowest BCUT2D eigenvalue weighted by Gasteiger charge is -2.15. The van der Waals surface area contributed by atoms with Gasteiger partial charge in [0.1, 0.15) is 18.2 Å². The highest BCUT2D eigenvalue weighted by molar-refractivity contribution is 5.94. The van der Waals surface area contributed by atoms with Crippen molar-refractivity contribution in [3.8, 4) is 11.1 Å².